The number of nitrogens with zero attached hydrogens (tertiary/aromatic N) is 3. The predicted molar refractivity (Wildman–Crippen MR) is 190 cm³/mol. The minimum Gasteiger partial charge on any atom is -0.480 e. The Morgan fingerprint density at radius 1 is 1.14 bits per heavy atom. The van der Waals surface area contributed by atoms with E-state index in [0.29, 0.717) is 17.5 Å². The molecule has 1 unspecified atom stereocenters. The van der Waals surface area contributed by atoms with Gasteiger partial charge in [-0.2, -0.15) is 0 Å². The number of piperidine rings is 2. The average molecular weight is 805 g/mol. The molecule has 2 saturated heterocycles. The predicted octanol–water partition coefficient (Wildman–Crippen LogP) is 8.80. The molecule has 0 aliphatic carbocycles. The van der Waals surface area contributed by atoms with Crippen LogP contribution in [0.1, 0.15) is 44.1 Å². The van der Waals surface area contributed by atoms with Crippen molar-refractivity contribution in [2.24, 2.45) is 5.92 Å². The molecule has 7 nitrogen and oxygen atoms in total. The van der Waals surface area contributed by atoms with E-state index in [1.807, 2.05) is 30.1 Å². The number of aromatic nitrogens is 1. The van der Waals surface area contributed by atoms with Crippen LogP contribution in [0.4, 0.5) is 5.82 Å². The maximum atomic E-state index is 11.8. The third-order valence-corrected chi connectivity index (χ3v) is 12.6. The second-order valence-electron chi connectivity index (χ2n) is 11.2. The van der Waals surface area contributed by atoms with Crippen LogP contribution in [-0.4, -0.2) is 65.3 Å². The molecule has 2 aromatic heterocycles. The molecule has 0 bridgehead atoms. The standard InChI is InChI=1S/C31H37Br2ClN4O3S3/c32-23-17-29(42-20-23)44-38-13-7-21(8-14-38)2-1-15-41-25-9-11-37(12-10-25)30-27(33)18-26(19-35-30)43-36-28(31(39)40)16-22-3-5-24(34)6-4-22/h3-6,17-21,25,28,36H,1-2,7-16H2,(H,39,40). The third kappa shape index (κ3) is 10.6. The molecule has 1 atom stereocenters. The lowest BCUT2D eigenvalue weighted by atomic mass is 9.93. The number of rotatable bonds is 14. The molecular formula is C31H37Br2ClN4O3S3. The van der Waals surface area contributed by atoms with Gasteiger partial charge in [0, 0.05) is 58.8 Å². The van der Waals surface area contributed by atoms with Gasteiger partial charge >= 0.3 is 5.97 Å². The Balaban J connectivity index is 0.977. The fourth-order valence-corrected chi connectivity index (χ4v) is 9.88. The van der Waals surface area contributed by atoms with Crippen molar-refractivity contribution in [3.8, 4) is 0 Å². The van der Waals surface area contributed by atoms with Crippen molar-refractivity contribution in [2.45, 2.75) is 66.2 Å². The smallest absolute Gasteiger partial charge is 0.321 e. The van der Waals surface area contributed by atoms with E-state index in [4.69, 9.17) is 21.3 Å². The van der Waals surface area contributed by atoms with E-state index >= 15 is 0 Å². The van der Waals surface area contributed by atoms with Crippen LogP contribution in [0.3, 0.4) is 0 Å². The SMILES string of the molecule is O=C(O)C(Cc1ccc(Cl)cc1)NSc1cnc(N2CCC(OCCCC3CCN(Sc4cc(Br)cs4)CC3)CC2)c(Br)c1. The molecule has 5 rings (SSSR count). The van der Waals surface area contributed by atoms with Crippen molar-refractivity contribution in [3.63, 3.8) is 0 Å². The first kappa shape index (κ1) is 34.5. The highest BCUT2D eigenvalue weighted by atomic mass is 79.9. The van der Waals surface area contributed by atoms with Gasteiger partial charge in [-0.15, -0.1) is 11.3 Å². The average Bonchev–Trinajstić information content (AvgIpc) is 3.43. The van der Waals surface area contributed by atoms with Crippen LogP contribution >= 0.6 is 78.7 Å². The quantitative estimate of drug-likeness (QED) is 0.123. The minimum atomic E-state index is -0.903. The fourth-order valence-electron chi connectivity index (χ4n) is 5.49. The van der Waals surface area contributed by atoms with Gasteiger partial charge in [-0.3, -0.25) is 4.79 Å². The third-order valence-electron chi connectivity index (χ3n) is 7.95. The van der Waals surface area contributed by atoms with Gasteiger partial charge < -0.3 is 14.7 Å². The minimum absolute atomic E-state index is 0.306. The highest BCUT2D eigenvalue weighted by Gasteiger charge is 2.24. The molecule has 0 saturated carbocycles. The summed E-state index contributed by atoms with van der Waals surface area (Å²) in [5.41, 5.74) is 0.909. The summed E-state index contributed by atoms with van der Waals surface area (Å²) in [5.74, 6) is 0.825. The highest BCUT2D eigenvalue weighted by Crippen LogP contribution is 2.35. The molecule has 0 radical (unpaired) electrons. The number of anilines is 1. The molecule has 2 aliphatic rings. The van der Waals surface area contributed by atoms with Gasteiger partial charge in [0.2, 0.25) is 0 Å². The number of benzene rings is 1. The van der Waals surface area contributed by atoms with Crippen LogP contribution in [0.5, 0.6) is 0 Å². The maximum absolute atomic E-state index is 11.8. The van der Waals surface area contributed by atoms with E-state index in [1.165, 1.54) is 39.9 Å². The maximum Gasteiger partial charge on any atom is 0.321 e. The van der Waals surface area contributed by atoms with Gasteiger partial charge in [0.25, 0.3) is 0 Å². The first-order chi connectivity index (χ1) is 21.3. The molecular weight excluding hydrogens is 768 g/mol. The zero-order chi connectivity index (χ0) is 30.9. The summed E-state index contributed by atoms with van der Waals surface area (Å²) >= 11 is 18.2. The van der Waals surface area contributed by atoms with E-state index in [1.54, 1.807) is 29.7 Å². The van der Waals surface area contributed by atoms with Gasteiger partial charge in [0.05, 0.1) is 14.8 Å². The number of hydrogen-bond acceptors (Lipinski definition) is 9. The largest absolute Gasteiger partial charge is 0.480 e. The highest BCUT2D eigenvalue weighted by molar-refractivity contribution is 9.10. The summed E-state index contributed by atoms with van der Waals surface area (Å²) in [7, 11) is 0. The molecule has 2 aliphatic heterocycles. The molecule has 4 heterocycles. The first-order valence-electron chi connectivity index (χ1n) is 14.9. The Morgan fingerprint density at radius 3 is 2.55 bits per heavy atom. The summed E-state index contributed by atoms with van der Waals surface area (Å²) in [6, 6.07) is 10.7. The normalized spacial score (nSPS) is 17.7. The molecule has 0 spiro atoms. The van der Waals surface area contributed by atoms with Crippen molar-refractivity contribution < 1.29 is 14.6 Å². The number of hydrogen-bond donors (Lipinski definition) is 2. The molecule has 3 aromatic rings. The lowest BCUT2D eigenvalue weighted by Crippen LogP contribution is -2.38. The van der Waals surface area contributed by atoms with Gasteiger partial charge in [-0.25, -0.2) is 14.0 Å². The second-order valence-corrected chi connectivity index (χ2v) is 16.6. The van der Waals surface area contributed by atoms with Crippen molar-refractivity contribution in [1.82, 2.24) is 14.0 Å². The van der Waals surface area contributed by atoms with E-state index in [2.05, 4.69) is 57.2 Å². The molecule has 13 heteroatoms. The second kappa shape index (κ2) is 17.4. The lowest BCUT2D eigenvalue weighted by Gasteiger charge is -2.33. The number of carbonyl (C=O) groups is 1. The van der Waals surface area contributed by atoms with Gasteiger partial charge in [0.1, 0.15) is 11.9 Å². The molecule has 44 heavy (non-hydrogen) atoms. The number of halogens is 3. The Hall–Kier alpha value is -0.830. The monoisotopic (exact) mass is 802 g/mol. The number of ether oxygens (including phenoxy) is 1. The van der Waals surface area contributed by atoms with Gasteiger partial charge in [-0.05, 0) is 136 Å². The Kier molecular flexibility index (Phi) is 13.6. The number of pyridine rings is 1. The van der Waals surface area contributed by atoms with Crippen LogP contribution < -0.4 is 9.62 Å². The van der Waals surface area contributed by atoms with Crippen LogP contribution in [0.2, 0.25) is 5.02 Å². The molecule has 1 aromatic carbocycles. The molecule has 0 amide bonds. The van der Waals surface area contributed by atoms with Gasteiger partial charge in [0.15, 0.2) is 0 Å². The molecule has 238 valence electrons. The lowest BCUT2D eigenvalue weighted by molar-refractivity contribution is -0.138. The molecule has 2 fully saturated rings. The number of thiophene rings is 1. The summed E-state index contributed by atoms with van der Waals surface area (Å²) in [5, 5.41) is 12.5. The van der Waals surface area contributed by atoms with Crippen LogP contribution in [0.15, 0.2) is 66.0 Å². The van der Waals surface area contributed by atoms with E-state index < -0.39 is 12.0 Å². The summed E-state index contributed by atoms with van der Waals surface area (Å²) in [6.45, 7) is 4.98. The van der Waals surface area contributed by atoms with Crippen molar-refractivity contribution in [1.29, 1.82) is 0 Å². The first-order valence-corrected chi connectivity index (χ1v) is 19.3. The molecule has 2 N–H and O–H groups in total. The summed E-state index contributed by atoms with van der Waals surface area (Å²) in [4.78, 5) is 19.7. The topological polar surface area (TPSA) is 77.9 Å². The Morgan fingerprint density at radius 2 is 1.89 bits per heavy atom. The fraction of sp³-hybridized carbons (Fsp3) is 0.484. The van der Waals surface area contributed by atoms with E-state index in [0.717, 1.165) is 78.7 Å². The number of aliphatic carboxylic acids is 1. The van der Waals surface area contributed by atoms with Crippen molar-refractivity contribution in [3.05, 3.63) is 67.5 Å². The summed E-state index contributed by atoms with van der Waals surface area (Å²) < 4.78 is 15.3. The van der Waals surface area contributed by atoms with Crippen molar-refractivity contribution in [2.75, 3.05) is 37.7 Å². The summed E-state index contributed by atoms with van der Waals surface area (Å²) in [6.07, 6.45) is 9.39. The van der Waals surface area contributed by atoms with Crippen LogP contribution in [-0.2, 0) is 16.0 Å². The number of carboxylic acid groups (broad SMARTS) is 1. The van der Waals surface area contributed by atoms with Crippen LogP contribution in [0, 0.1) is 5.92 Å². The Labute approximate surface area is 294 Å². The zero-order valence-corrected chi connectivity index (χ0v) is 30.7. The van der Waals surface area contributed by atoms with Gasteiger partial charge in [-0.1, -0.05) is 23.7 Å². The number of nitrogens with one attached hydrogen (secondary N) is 1. The van der Waals surface area contributed by atoms with Crippen LogP contribution in [0.25, 0.3) is 0 Å². The Bertz CT molecular complexity index is 1350. The van der Waals surface area contributed by atoms with E-state index in [9.17, 15) is 9.90 Å². The van der Waals surface area contributed by atoms with Crippen molar-refractivity contribution >= 4 is 90.5 Å². The number of carboxylic acids is 1. The van der Waals surface area contributed by atoms with E-state index in [-0.39, 0.29) is 0 Å². The zero-order valence-electron chi connectivity index (χ0n) is 24.3.